The minimum Gasteiger partial charge on any atom is -0.330 e. The van der Waals surface area contributed by atoms with Crippen molar-refractivity contribution in [2.24, 2.45) is 11.7 Å². The van der Waals surface area contributed by atoms with E-state index in [9.17, 15) is 4.79 Å². The molecule has 0 bridgehead atoms. The predicted molar refractivity (Wildman–Crippen MR) is 81.7 cm³/mol. The third kappa shape index (κ3) is 2.47. The Morgan fingerprint density at radius 2 is 1.90 bits per heavy atom. The molecule has 1 aliphatic heterocycles. The first-order valence-corrected chi connectivity index (χ1v) is 7.91. The number of fused-ring (bicyclic) bond motifs is 1. The minimum atomic E-state index is 0.292. The topological polar surface area (TPSA) is 46.3 Å². The quantitative estimate of drug-likeness (QED) is 0.900. The van der Waals surface area contributed by atoms with E-state index in [1.807, 2.05) is 6.07 Å². The van der Waals surface area contributed by atoms with Gasteiger partial charge >= 0.3 is 0 Å². The molecule has 0 spiro atoms. The van der Waals surface area contributed by atoms with Gasteiger partial charge in [-0.15, -0.1) is 0 Å². The number of nitrogens with two attached hydrogens (primary N) is 1. The average molecular weight is 272 g/mol. The van der Waals surface area contributed by atoms with Gasteiger partial charge in [-0.25, -0.2) is 0 Å². The van der Waals surface area contributed by atoms with Gasteiger partial charge in [0.2, 0.25) is 5.91 Å². The van der Waals surface area contributed by atoms with Gasteiger partial charge in [0.1, 0.15) is 0 Å². The Bertz CT molecular complexity index is 486. The number of anilines is 1. The first-order chi connectivity index (χ1) is 9.81. The van der Waals surface area contributed by atoms with Gasteiger partial charge in [0.15, 0.2) is 0 Å². The summed E-state index contributed by atoms with van der Waals surface area (Å²) >= 11 is 0. The van der Waals surface area contributed by atoms with Gasteiger partial charge in [-0.3, -0.25) is 4.79 Å². The van der Waals surface area contributed by atoms with Crippen molar-refractivity contribution in [1.29, 1.82) is 0 Å². The molecule has 0 radical (unpaired) electrons. The first kappa shape index (κ1) is 13.6. The third-order valence-corrected chi connectivity index (χ3v) is 4.86. The van der Waals surface area contributed by atoms with Crippen molar-refractivity contribution in [2.45, 2.75) is 51.0 Å². The molecule has 1 saturated carbocycles. The maximum absolute atomic E-state index is 12.6. The fraction of sp³-hybridized carbons (Fsp3) is 0.588. The number of hydrogen-bond donors (Lipinski definition) is 1. The molecule has 2 atom stereocenters. The molecule has 1 heterocycles. The van der Waals surface area contributed by atoms with Crippen LogP contribution in [0.3, 0.4) is 0 Å². The number of amides is 1. The van der Waals surface area contributed by atoms with Crippen LogP contribution in [0.15, 0.2) is 24.3 Å². The van der Waals surface area contributed by atoms with E-state index in [1.54, 1.807) is 0 Å². The van der Waals surface area contributed by atoms with E-state index in [0.29, 0.717) is 30.8 Å². The molecule has 2 aliphatic rings. The van der Waals surface area contributed by atoms with Crippen LogP contribution in [0.4, 0.5) is 5.69 Å². The highest BCUT2D eigenvalue weighted by atomic mass is 16.2. The van der Waals surface area contributed by atoms with Gasteiger partial charge in [0, 0.05) is 18.2 Å². The van der Waals surface area contributed by atoms with Crippen molar-refractivity contribution in [3.63, 3.8) is 0 Å². The normalized spacial score (nSPS) is 27.1. The molecule has 108 valence electrons. The molecule has 0 saturated heterocycles. The van der Waals surface area contributed by atoms with Gasteiger partial charge in [-0.1, -0.05) is 31.0 Å². The highest BCUT2D eigenvalue weighted by Crippen LogP contribution is 2.35. The molecule has 3 nitrogen and oxygen atoms in total. The Hall–Kier alpha value is -1.35. The predicted octanol–water partition coefficient (Wildman–Crippen LogP) is 2.87. The fourth-order valence-electron chi connectivity index (χ4n) is 3.81. The number of hydrogen-bond acceptors (Lipinski definition) is 2. The van der Waals surface area contributed by atoms with E-state index in [4.69, 9.17) is 5.73 Å². The van der Waals surface area contributed by atoms with Crippen molar-refractivity contribution in [1.82, 2.24) is 0 Å². The second-order valence-electron chi connectivity index (χ2n) is 6.09. The Kier molecular flexibility index (Phi) is 4.06. The van der Waals surface area contributed by atoms with Crippen molar-refractivity contribution >= 4 is 11.6 Å². The molecule has 2 N–H and O–H groups in total. The number of rotatable bonds is 2. The van der Waals surface area contributed by atoms with Crippen molar-refractivity contribution < 1.29 is 4.79 Å². The van der Waals surface area contributed by atoms with Crippen LogP contribution in [0, 0.1) is 5.92 Å². The van der Waals surface area contributed by atoms with Crippen LogP contribution in [0.1, 0.15) is 44.1 Å². The first-order valence-electron chi connectivity index (χ1n) is 7.91. The van der Waals surface area contributed by atoms with E-state index in [0.717, 1.165) is 31.4 Å². The molecule has 20 heavy (non-hydrogen) atoms. The lowest BCUT2D eigenvalue weighted by atomic mass is 9.83. The van der Waals surface area contributed by atoms with E-state index in [2.05, 4.69) is 23.1 Å². The zero-order valence-corrected chi connectivity index (χ0v) is 12.1. The zero-order valence-electron chi connectivity index (χ0n) is 12.1. The van der Waals surface area contributed by atoms with Crippen LogP contribution in [0.25, 0.3) is 0 Å². The molecule has 1 aromatic rings. The van der Waals surface area contributed by atoms with Crippen LogP contribution in [0.2, 0.25) is 0 Å². The van der Waals surface area contributed by atoms with Gasteiger partial charge in [0.05, 0.1) is 0 Å². The number of nitrogens with zero attached hydrogens (tertiary/aromatic N) is 1. The highest BCUT2D eigenvalue weighted by Gasteiger charge is 2.34. The minimum absolute atomic E-state index is 0.292. The molecule has 1 aliphatic carbocycles. The highest BCUT2D eigenvalue weighted by molar-refractivity contribution is 5.95. The van der Waals surface area contributed by atoms with Gasteiger partial charge in [-0.05, 0) is 49.8 Å². The number of aryl methyl sites for hydroxylation is 1. The van der Waals surface area contributed by atoms with E-state index < -0.39 is 0 Å². The van der Waals surface area contributed by atoms with Crippen molar-refractivity contribution in [3.8, 4) is 0 Å². The number of para-hydroxylation sites is 1. The summed E-state index contributed by atoms with van der Waals surface area (Å²) in [5.74, 6) is 0.749. The molecule has 3 heteroatoms. The lowest BCUT2D eigenvalue weighted by Gasteiger charge is -2.40. The fourth-order valence-corrected chi connectivity index (χ4v) is 3.81. The van der Waals surface area contributed by atoms with Gasteiger partial charge < -0.3 is 10.6 Å². The Labute approximate surface area is 121 Å². The Morgan fingerprint density at radius 3 is 2.75 bits per heavy atom. The van der Waals surface area contributed by atoms with Crippen molar-refractivity contribution in [2.75, 3.05) is 11.4 Å². The lowest BCUT2D eigenvalue weighted by Crippen LogP contribution is -2.48. The summed E-state index contributed by atoms with van der Waals surface area (Å²) < 4.78 is 0. The molecule has 1 amide bonds. The maximum Gasteiger partial charge on any atom is 0.227 e. The summed E-state index contributed by atoms with van der Waals surface area (Å²) in [5, 5.41) is 0. The summed E-state index contributed by atoms with van der Waals surface area (Å²) in [7, 11) is 0. The van der Waals surface area contributed by atoms with Crippen molar-refractivity contribution in [3.05, 3.63) is 29.8 Å². The summed E-state index contributed by atoms with van der Waals surface area (Å²) in [6, 6.07) is 8.71. The van der Waals surface area contributed by atoms with Crippen LogP contribution >= 0.6 is 0 Å². The second kappa shape index (κ2) is 5.96. The summed E-state index contributed by atoms with van der Waals surface area (Å²) in [4.78, 5) is 14.7. The monoisotopic (exact) mass is 272 g/mol. The number of carbonyl (C=O) groups excluding carboxylic acids is 1. The SMILES string of the molecule is NCC1CCCCC1N1C(=O)CCCc2ccccc21. The molecular weight excluding hydrogens is 248 g/mol. The Morgan fingerprint density at radius 1 is 1.10 bits per heavy atom. The average Bonchev–Trinajstić information content (AvgIpc) is 2.65. The van der Waals surface area contributed by atoms with Gasteiger partial charge in [-0.2, -0.15) is 0 Å². The second-order valence-corrected chi connectivity index (χ2v) is 6.09. The van der Waals surface area contributed by atoms with E-state index in [-0.39, 0.29) is 0 Å². The van der Waals surface area contributed by atoms with Crippen LogP contribution in [0.5, 0.6) is 0 Å². The zero-order chi connectivity index (χ0) is 13.9. The summed E-state index contributed by atoms with van der Waals surface area (Å²) in [6.07, 6.45) is 7.37. The smallest absolute Gasteiger partial charge is 0.227 e. The number of benzene rings is 1. The number of carbonyl (C=O) groups is 1. The Balaban J connectivity index is 1.98. The standard InChI is InChI=1S/C17H24N2O/c18-12-14-7-2-4-10-16(14)19-15-9-3-1-6-13(15)8-5-11-17(19)20/h1,3,6,9,14,16H,2,4-5,7-8,10-12,18H2. The van der Waals surface area contributed by atoms with E-state index >= 15 is 0 Å². The molecule has 0 aromatic heterocycles. The largest absolute Gasteiger partial charge is 0.330 e. The summed E-state index contributed by atoms with van der Waals surface area (Å²) in [5.41, 5.74) is 8.43. The molecular formula is C17H24N2O. The maximum atomic E-state index is 12.6. The lowest BCUT2D eigenvalue weighted by molar-refractivity contribution is -0.119. The van der Waals surface area contributed by atoms with E-state index in [1.165, 1.54) is 18.4 Å². The van der Waals surface area contributed by atoms with Gasteiger partial charge in [0.25, 0.3) is 0 Å². The van der Waals surface area contributed by atoms with Crippen LogP contribution < -0.4 is 10.6 Å². The molecule has 3 rings (SSSR count). The molecule has 1 fully saturated rings. The molecule has 1 aromatic carbocycles. The molecule has 2 unspecified atom stereocenters. The van der Waals surface area contributed by atoms with Crippen LogP contribution in [-0.4, -0.2) is 18.5 Å². The van der Waals surface area contributed by atoms with Crippen LogP contribution in [-0.2, 0) is 11.2 Å². The third-order valence-electron chi connectivity index (χ3n) is 4.86. The summed E-state index contributed by atoms with van der Waals surface area (Å²) in [6.45, 7) is 0.691.